The van der Waals surface area contributed by atoms with E-state index in [1.807, 2.05) is 30.3 Å². The second-order valence-electron chi connectivity index (χ2n) is 3.05. The van der Waals surface area contributed by atoms with Gasteiger partial charge in [0.15, 0.2) is 5.70 Å². The van der Waals surface area contributed by atoms with Crippen LogP contribution in [0.15, 0.2) is 45.5 Å². The van der Waals surface area contributed by atoms with E-state index in [2.05, 4.69) is 20.9 Å². The van der Waals surface area contributed by atoms with Crippen molar-refractivity contribution in [2.45, 2.75) is 6.92 Å². The maximum atomic E-state index is 11.4. The van der Waals surface area contributed by atoms with Crippen LogP contribution in [0.1, 0.15) is 12.5 Å². The van der Waals surface area contributed by atoms with Crippen molar-refractivity contribution in [2.75, 3.05) is 0 Å². The largest absolute Gasteiger partial charge is 0.402 e. The molecular weight excluding hydrogens is 258 g/mol. The third-order valence-electron chi connectivity index (χ3n) is 1.94. The SMILES string of the molecule is CC(Br)=C1N=C(c2ccccc2)OC1=O. The van der Waals surface area contributed by atoms with Crippen LogP contribution in [0.2, 0.25) is 0 Å². The van der Waals surface area contributed by atoms with Gasteiger partial charge < -0.3 is 4.74 Å². The molecule has 0 unspecified atom stereocenters. The van der Waals surface area contributed by atoms with Crippen LogP contribution in [0.3, 0.4) is 0 Å². The lowest BCUT2D eigenvalue weighted by Gasteiger charge is -1.97. The molecule has 1 aliphatic heterocycles. The minimum Gasteiger partial charge on any atom is -0.402 e. The minimum absolute atomic E-state index is 0.328. The van der Waals surface area contributed by atoms with Gasteiger partial charge in [0.2, 0.25) is 5.90 Å². The van der Waals surface area contributed by atoms with E-state index in [-0.39, 0.29) is 0 Å². The molecule has 0 spiro atoms. The molecule has 4 heteroatoms. The van der Waals surface area contributed by atoms with Gasteiger partial charge in [-0.15, -0.1) is 0 Å². The van der Waals surface area contributed by atoms with Crippen LogP contribution < -0.4 is 0 Å². The highest BCUT2D eigenvalue weighted by Gasteiger charge is 2.25. The number of hydrogen-bond acceptors (Lipinski definition) is 3. The first-order valence-electron chi connectivity index (χ1n) is 4.41. The molecule has 0 atom stereocenters. The van der Waals surface area contributed by atoms with Crippen LogP contribution in [-0.4, -0.2) is 11.9 Å². The number of allylic oxidation sites excluding steroid dienone is 1. The van der Waals surface area contributed by atoms with Crippen molar-refractivity contribution in [3.8, 4) is 0 Å². The third-order valence-corrected chi connectivity index (χ3v) is 2.32. The normalized spacial score (nSPS) is 18.5. The van der Waals surface area contributed by atoms with E-state index in [0.717, 1.165) is 5.56 Å². The summed E-state index contributed by atoms with van der Waals surface area (Å²) in [5.74, 6) is -0.0578. The van der Waals surface area contributed by atoms with Crippen LogP contribution in [0, 0.1) is 0 Å². The highest BCUT2D eigenvalue weighted by atomic mass is 79.9. The highest BCUT2D eigenvalue weighted by Crippen LogP contribution is 2.21. The van der Waals surface area contributed by atoms with Crippen molar-refractivity contribution in [2.24, 2.45) is 4.99 Å². The lowest BCUT2D eigenvalue weighted by Crippen LogP contribution is -2.05. The van der Waals surface area contributed by atoms with Crippen LogP contribution in [0.4, 0.5) is 0 Å². The number of nitrogens with zero attached hydrogens (tertiary/aromatic N) is 1. The molecule has 0 radical (unpaired) electrons. The van der Waals surface area contributed by atoms with Gasteiger partial charge in [-0.3, -0.25) is 0 Å². The Bertz CT molecular complexity index is 459. The van der Waals surface area contributed by atoms with E-state index in [9.17, 15) is 4.79 Å². The number of benzene rings is 1. The summed E-state index contributed by atoms with van der Waals surface area (Å²) in [4.78, 5) is 15.5. The van der Waals surface area contributed by atoms with Crippen LogP contribution >= 0.6 is 15.9 Å². The fourth-order valence-electron chi connectivity index (χ4n) is 1.23. The average molecular weight is 266 g/mol. The van der Waals surface area contributed by atoms with Crippen molar-refractivity contribution in [1.82, 2.24) is 0 Å². The lowest BCUT2D eigenvalue weighted by atomic mass is 10.2. The summed E-state index contributed by atoms with van der Waals surface area (Å²) < 4.78 is 5.72. The molecule has 1 heterocycles. The topological polar surface area (TPSA) is 38.7 Å². The summed E-state index contributed by atoms with van der Waals surface area (Å²) in [6.45, 7) is 1.76. The van der Waals surface area contributed by atoms with Gasteiger partial charge >= 0.3 is 5.97 Å². The van der Waals surface area contributed by atoms with E-state index in [1.165, 1.54) is 0 Å². The highest BCUT2D eigenvalue weighted by molar-refractivity contribution is 9.11. The molecule has 1 aromatic carbocycles. The number of rotatable bonds is 1. The van der Waals surface area contributed by atoms with Gasteiger partial charge in [-0.05, 0) is 19.1 Å². The Kier molecular flexibility index (Phi) is 2.68. The summed E-state index contributed by atoms with van der Waals surface area (Å²) in [7, 11) is 0. The number of hydrogen-bond donors (Lipinski definition) is 0. The van der Waals surface area contributed by atoms with Gasteiger partial charge in [-0.1, -0.05) is 34.1 Å². The number of carbonyl (C=O) groups is 1. The summed E-state index contributed by atoms with van der Waals surface area (Å²) in [6.07, 6.45) is 0. The Morgan fingerprint density at radius 1 is 1.33 bits per heavy atom. The smallest absolute Gasteiger partial charge is 0.364 e. The van der Waals surface area contributed by atoms with E-state index in [1.54, 1.807) is 6.92 Å². The van der Waals surface area contributed by atoms with E-state index in [0.29, 0.717) is 16.1 Å². The lowest BCUT2D eigenvalue weighted by molar-refractivity contribution is -0.130. The summed E-state index contributed by atoms with van der Waals surface area (Å²) in [5.41, 5.74) is 1.13. The van der Waals surface area contributed by atoms with Crippen molar-refractivity contribution in [3.63, 3.8) is 0 Å². The number of aliphatic imine (C=N–C) groups is 1. The zero-order valence-electron chi connectivity index (χ0n) is 8.03. The van der Waals surface area contributed by atoms with Crippen molar-refractivity contribution < 1.29 is 9.53 Å². The van der Waals surface area contributed by atoms with Crippen molar-refractivity contribution in [3.05, 3.63) is 46.1 Å². The Morgan fingerprint density at radius 3 is 2.53 bits per heavy atom. The van der Waals surface area contributed by atoms with Crippen LogP contribution in [0.25, 0.3) is 0 Å². The Hall–Kier alpha value is -1.42. The molecule has 15 heavy (non-hydrogen) atoms. The van der Waals surface area contributed by atoms with E-state index >= 15 is 0 Å². The van der Waals surface area contributed by atoms with Gasteiger partial charge in [0.1, 0.15) is 0 Å². The maximum absolute atomic E-state index is 11.4. The number of carbonyl (C=O) groups excluding carboxylic acids is 1. The average Bonchev–Trinajstić information content (AvgIpc) is 2.62. The number of esters is 1. The predicted molar refractivity (Wildman–Crippen MR) is 60.7 cm³/mol. The fraction of sp³-hybridized carbons (Fsp3) is 0.0909. The standard InChI is InChI=1S/C11H8BrNO2/c1-7(12)9-11(14)15-10(13-9)8-5-3-2-4-6-8/h2-6H,1H3. The monoisotopic (exact) mass is 265 g/mol. The quantitative estimate of drug-likeness (QED) is 0.579. The van der Waals surface area contributed by atoms with Gasteiger partial charge in [-0.25, -0.2) is 9.79 Å². The summed E-state index contributed by atoms with van der Waals surface area (Å²) >= 11 is 3.21. The van der Waals surface area contributed by atoms with E-state index < -0.39 is 5.97 Å². The van der Waals surface area contributed by atoms with E-state index in [4.69, 9.17) is 4.74 Å². The van der Waals surface area contributed by atoms with Crippen LogP contribution in [0.5, 0.6) is 0 Å². The molecule has 3 nitrogen and oxygen atoms in total. The third kappa shape index (κ3) is 1.99. The van der Waals surface area contributed by atoms with Gasteiger partial charge in [-0.2, -0.15) is 0 Å². The second kappa shape index (κ2) is 3.98. The Morgan fingerprint density at radius 2 is 2.00 bits per heavy atom. The molecule has 0 bridgehead atoms. The maximum Gasteiger partial charge on any atom is 0.364 e. The number of ether oxygens (including phenoxy) is 1. The fourth-order valence-corrected chi connectivity index (χ4v) is 1.48. The molecule has 0 saturated heterocycles. The molecule has 2 rings (SSSR count). The number of cyclic esters (lactones) is 1. The Labute approximate surface area is 95.6 Å². The first kappa shape index (κ1) is 10.1. The molecule has 0 N–H and O–H groups in total. The molecule has 0 amide bonds. The molecule has 76 valence electrons. The zero-order valence-corrected chi connectivity index (χ0v) is 9.61. The molecule has 0 fully saturated rings. The molecule has 1 aliphatic rings. The summed E-state index contributed by atoms with van der Waals surface area (Å²) in [6, 6.07) is 9.33. The number of halogens is 1. The van der Waals surface area contributed by atoms with Crippen LogP contribution in [-0.2, 0) is 9.53 Å². The van der Waals surface area contributed by atoms with Gasteiger partial charge in [0.05, 0.1) is 0 Å². The Balaban J connectivity index is 2.40. The molecule has 0 saturated carbocycles. The molecule has 0 aliphatic carbocycles. The first-order chi connectivity index (χ1) is 7.18. The van der Waals surface area contributed by atoms with Gasteiger partial charge in [0, 0.05) is 10.0 Å². The zero-order chi connectivity index (χ0) is 10.8. The van der Waals surface area contributed by atoms with Gasteiger partial charge in [0.25, 0.3) is 0 Å². The molecular formula is C11H8BrNO2. The summed E-state index contributed by atoms with van der Waals surface area (Å²) in [5, 5.41) is 0. The minimum atomic E-state index is -0.414. The molecule has 1 aromatic rings. The first-order valence-corrected chi connectivity index (χ1v) is 5.20. The van der Waals surface area contributed by atoms with Crippen molar-refractivity contribution >= 4 is 27.8 Å². The predicted octanol–water partition coefficient (Wildman–Crippen LogP) is 2.62. The van der Waals surface area contributed by atoms with Crippen molar-refractivity contribution in [1.29, 1.82) is 0 Å². The molecule has 0 aromatic heterocycles. The second-order valence-corrected chi connectivity index (χ2v) is 4.24.